The highest BCUT2D eigenvalue weighted by atomic mass is 35.5. The standard InChI is InChI=1S/C20H23ClN2O4/c1-26-19(24)15-7-8-16(18(21)13-15)14-23(17-5-3-2-4-6-17)20(25)22-9-11-27-12-10-22/h2-8,13,20,25H,9-12,14H2,1H3. The molecule has 1 atom stereocenters. The molecule has 0 amide bonds. The zero-order valence-corrected chi connectivity index (χ0v) is 15.9. The predicted molar refractivity (Wildman–Crippen MR) is 104 cm³/mol. The van der Waals surface area contributed by atoms with Crippen molar-refractivity contribution in [2.24, 2.45) is 0 Å². The Kier molecular flexibility index (Phi) is 6.68. The first-order valence-electron chi connectivity index (χ1n) is 8.78. The van der Waals surface area contributed by atoms with E-state index in [2.05, 4.69) is 0 Å². The Morgan fingerprint density at radius 3 is 2.59 bits per heavy atom. The Morgan fingerprint density at radius 1 is 1.26 bits per heavy atom. The van der Waals surface area contributed by atoms with Gasteiger partial charge in [0.1, 0.15) is 0 Å². The molecule has 1 fully saturated rings. The first-order valence-corrected chi connectivity index (χ1v) is 9.16. The molecule has 144 valence electrons. The minimum absolute atomic E-state index is 0.392. The first-order chi connectivity index (χ1) is 13.1. The van der Waals surface area contributed by atoms with E-state index < -0.39 is 12.3 Å². The van der Waals surface area contributed by atoms with Gasteiger partial charge >= 0.3 is 5.97 Å². The second-order valence-corrected chi connectivity index (χ2v) is 6.66. The maximum Gasteiger partial charge on any atom is 0.337 e. The van der Waals surface area contributed by atoms with Gasteiger partial charge in [0.25, 0.3) is 0 Å². The van der Waals surface area contributed by atoms with Gasteiger partial charge in [0.15, 0.2) is 6.35 Å². The lowest BCUT2D eigenvalue weighted by molar-refractivity contribution is -0.0597. The number of anilines is 1. The summed E-state index contributed by atoms with van der Waals surface area (Å²) >= 11 is 6.40. The molecule has 2 aromatic carbocycles. The van der Waals surface area contributed by atoms with Crippen LogP contribution in [0.1, 0.15) is 15.9 Å². The largest absolute Gasteiger partial charge is 0.465 e. The third-order valence-electron chi connectivity index (χ3n) is 4.55. The first kappa shape index (κ1) is 19.6. The fourth-order valence-electron chi connectivity index (χ4n) is 3.04. The SMILES string of the molecule is COC(=O)c1ccc(CN(c2ccccc2)C(O)N2CCOCC2)c(Cl)c1. The highest BCUT2D eigenvalue weighted by molar-refractivity contribution is 6.31. The van der Waals surface area contributed by atoms with Gasteiger partial charge in [0, 0.05) is 30.3 Å². The van der Waals surface area contributed by atoms with Gasteiger partial charge in [0.05, 0.1) is 25.9 Å². The van der Waals surface area contributed by atoms with Crippen molar-refractivity contribution < 1.29 is 19.4 Å². The average molecular weight is 391 g/mol. The number of para-hydroxylation sites is 1. The van der Waals surface area contributed by atoms with Gasteiger partial charge in [-0.1, -0.05) is 35.9 Å². The van der Waals surface area contributed by atoms with Crippen molar-refractivity contribution in [3.63, 3.8) is 0 Å². The summed E-state index contributed by atoms with van der Waals surface area (Å²) in [6, 6.07) is 14.7. The predicted octanol–water partition coefficient (Wildman–Crippen LogP) is 2.74. The quantitative estimate of drug-likeness (QED) is 0.604. The summed E-state index contributed by atoms with van der Waals surface area (Å²) in [6.45, 7) is 2.88. The molecule has 1 aliphatic heterocycles. The molecular weight excluding hydrogens is 368 g/mol. The van der Waals surface area contributed by atoms with Gasteiger partial charge in [-0.05, 0) is 29.8 Å². The molecule has 0 aromatic heterocycles. The summed E-state index contributed by atoms with van der Waals surface area (Å²) < 4.78 is 10.1. The monoisotopic (exact) mass is 390 g/mol. The molecule has 1 saturated heterocycles. The number of hydrogen-bond acceptors (Lipinski definition) is 6. The van der Waals surface area contributed by atoms with Gasteiger partial charge in [-0.25, -0.2) is 4.79 Å². The van der Waals surface area contributed by atoms with Crippen LogP contribution in [0.5, 0.6) is 0 Å². The van der Waals surface area contributed by atoms with Crippen molar-refractivity contribution in [3.8, 4) is 0 Å². The van der Waals surface area contributed by atoms with Crippen LogP contribution in [-0.2, 0) is 16.0 Å². The molecule has 0 spiro atoms. The van der Waals surface area contributed by atoms with Crippen molar-refractivity contribution in [2.45, 2.75) is 12.9 Å². The number of methoxy groups -OCH3 is 1. The number of nitrogens with zero attached hydrogens (tertiary/aromatic N) is 2. The molecule has 1 heterocycles. The van der Waals surface area contributed by atoms with Crippen molar-refractivity contribution in [2.75, 3.05) is 38.3 Å². The molecule has 2 aromatic rings. The molecule has 1 aliphatic rings. The minimum Gasteiger partial charge on any atom is -0.465 e. The molecule has 0 radical (unpaired) electrons. The number of carbonyl (C=O) groups excluding carboxylic acids is 1. The summed E-state index contributed by atoms with van der Waals surface area (Å²) in [5, 5.41) is 11.5. The van der Waals surface area contributed by atoms with Gasteiger partial charge < -0.3 is 19.5 Å². The number of aliphatic hydroxyl groups is 1. The number of hydrogen-bond donors (Lipinski definition) is 1. The minimum atomic E-state index is -0.812. The normalized spacial score (nSPS) is 16.0. The Balaban J connectivity index is 1.86. The van der Waals surface area contributed by atoms with Crippen LogP contribution in [0.3, 0.4) is 0 Å². The average Bonchev–Trinajstić information content (AvgIpc) is 2.73. The third kappa shape index (κ3) is 4.78. The molecular formula is C20H23ClN2O4. The molecule has 7 heteroatoms. The third-order valence-corrected chi connectivity index (χ3v) is 4.91. The number of rotatable bonds is 6. The highest BCUT2D eigenvalue weighted by Crippen LogP contribution is 2.25. The molecule has 27 heavy (non-hydrogen) atoms. The van der Waals surface area contributed by atoms with E-state index in [1.54, 1.807) is 18.2 Å². The summed E-state index contributed by atoms with van der Waals surface area (Å²) in [7, 11) is 1.33. The molecule has 0 bridgehead atoms. The summed E-state index contributed by atoms with van der Waals surface area (Å²) in [5.41, 5.74) is 2.08. The summed E-state index contributed by atoms with van der Waals surface area (Å²) in [5.74, 6) is -0.434. The van der Waals surface area contributed by atoms with E-state index in [1.165, 1.54) is 7.11 Å². The molecule has 6 nitrogen and oxygen atoms in total. The lowest BCUT2D eigenvalue weighted by atomic mass is 10.1. The van der Waals surface area contributed by atoms with Crippen molar-refractivity contribution in [1.82, 2.24) is 4.90 Å². The lowest BCUT2D eigenvalue weighted by Gasteiger charge is -2.39. The second-order valence-electron chi connectivity index (χ2n) is 6.26. The molecule has 0 saturated carbocycles. The Bertz CT molecular complexity index is 766. The van der Waals surface area contributed by atoms with E-state index in [0.29, 0.717) is 43.4 Å². The van der Waals surface area contributed by atoms with Crippen LogP contribution >= 0.6 is 11.6 Å². The zero-order chi connectivity index (χ0) is 19.2. The molecule has 1 N–H and O–H groups in total. The van der Waals surface area contributed by atoms with Crippen LogP contribution in [0.25, 0.3) is 0 Å². The molecule has 0 aliphatic carbocycles. The van der Waals surface area contributed by atoms with Gasteiger partial charge in [-0.2, -0.15) is 0 Å². The number of esters is 1. The Hall–Kier alpha value is -2.12. The molecule has 3 rings (SSSR count). The van der Waals surface area contributed by atoms with E-state index in [9.17, 15) is 9.90 Å². The van der Waals surface area contributed by atoms with Crippen molar-refractivity contribution >= 4 is 23.3 Å². The Labute approximate surface area is 163 Å². The van der Waals surface area contributed by atoms with Crippen LogP contribution in [-0.4, -0.2) is 55.7 Å². The number of morpholine rings is 1. The molecule has 1 unspecified atom stereocenters. The topological polar surface area (TPSA) is 62.2 Å². The van der Waals surface area contributed by atoms with Crippen molar-refractivity contribution in [3.05, 3.63) is 64.7 Å². The van der Waals surface area contributed by atoms with Crippen molar-refractivity contribution in [1.29, 1.82) is 0 Å². The van der Waals surface area contributed by atoms with Crippen LogP contribution in [0.2, 0.25) is 5.02 Å². The highest BCUT2D eigenvalue weighted by Gasteiger charge is 2.26. The van der Waals surface area contributed by atoms with Crippen LogP contribution < -0.4 is 4.90 Å². The Morgan fingerprint density at radius 2 is 1.96 bits per heavy atom. The maximum atomic E-state index is 11.7. The van der Waals surface area contributed by atoms with E-state index in [1.807, 2.05) is 40.1 Å². The van der Waals surface area contributed by atoms with Crippen LogP contribution in [0, 0.1) is 0 Å². The smallest absolute Gasteiger partial charge is 0.337 e. The van der Waals surface area contributed by atoms with Gasteiger partial charge in [0.2, 0.25) is 0 Å². The fraction of sp³-hybridized carbons (Fsp3) is 0.350. The van der Waals surface area contributed by atoms with Crippen LogP contribution in [0.15, 0.2) is 48.5 Å². The fourth-order valence-corrected chi connectivity index (χ4v) is 3.28. The van der Waals surface area contributed by atoms with Crippen LogP contribution in [0.4, 0.5) is 5.69 Å². The number of halogens is 1. The number of aliphatic hydroxyl groups excluding tert-OH is 1. The van der Waals surface area contributed by atoms with E-state index in [0.717, 1.165) is 11.3 Å². The second kappa shape index (κ2) is 9.19. The summed E-state index contributed by atoms with van der Waals surface area (Å²) in [4.78, 5) is 15.5. The van der Waals surface area contributed by atoms with Gasteiger partial charge in [-0.15, -0.1) is 0 Å². The maximum absolute atomic E-state index is 11.7. The number of carbonyl (C=O) groups is 1. The van der Waals surface area contributed by atoms with E-state index in [-0.39, 0.29) is 0 Å². The van der Waals surface area contributed by atoms with E-state index >= 15 is 0 Å². The lowest BCUT2D eigenvalue weighted by Crippen LogP contribution is -2.52. The summed E-state index contributed by atoms with van der Waals surface area (Å²) in [6.07, 6.45) is -0.812. The van der Waals surface area contributed by atoms with E-state index in [4.69, 9.17) is 21.1 Å². The van der Waals surface area contributed by atoms with Gasteiger partial charge in [-0.3, -0.25) is 4.90 Å². The number of benzene rings is 2. The zero-order valence-electron chi connectivity index (χ0n) is 15.2. The number of ether oxygens (including phenoxy) is 2.